The van der Waals surface area contributed by atoms with Crippen molar-refractivity contribution in [2.24, 2.45) is 0 Å². The highest BCUT2D eigenvalue weighted by atomic mass is 35.5. The lowest BCUT2D eigenvalue weighted by Crippen LogP contribution is -2.27. The van der Waals surface area contributed by atoms with E-state index in [2.05, 4.69) is 4.98 Å². The van der Waals surface area contributed by atoms with Crippen LogP contribution in [0.2, 0.25) is 15.1 Å². The van der Waals surface area contributed by atoms with Gasteiger partial charge in [-0.25, -0.2) is 4.98 Å². The monoisotopic (exact) mass is 382 g/mol. The zero-order valence-electron chi connectivity index (χ0n) is 12.0. The first-order valence-electron chi connectivity index (χ1n) is 6.75. The zero-order chi connectivity index (χ0) is 17.4. The minimum absolute atomic E-state index is 0.129. The van der Waals surface area contributed by atoms with Crippen LogP contribution in [-0.4, -0.2) is 20.6 Å². The summed E-state index contributed by atoms with van der Waals surface area (Å²) >= 11 is 18.3. The molecule has 0 aliphatic rings. The number of nitrogens with zero attached hydrogens (tertiary/aromatic N) is 2. The van der Waals surface area contributed by atoms with Crippen LogP contribution in [-0.2, 0) is 11.3 Å². The van der Waals surface area contributed by atoms with E-state index in [4.69, 9.17) is 39.9 Å². The molecule has 0 aliphatic heterocycles. The molecule has 1 aromatic heterocycles. The molecular formula is C16H9Cl3N2O3. The quantitative estimate of drug-likeness (QED) is 0.739. The molecule has 0 bridgehead atoms. The van der Waals surface area contributed by atoms with Crippen molar-refractivity contribution in [2.45, 2.75) is 6.54 Å². The summed E-state index contributed by atoms with van der Waals surface area (Å²) in [4.78, 5) is 28.3. The number of benzene rings is 2. The smallest absolute Gasteiger partial charge is 0.323 e. The van der Waals surface area contributed by atoms with Gasteiger partial charge in [0.05, 0.1) is 20.9 Å². The number of aliphatic carboxylic acids is 1. The minimum atomic E-state index is -1.18. The zero-order valence-corrected chi connectivity index (χ0v) is 14.2. The minimum Gasteiger partial charge on any atom is -0.480 e. The van der Waals surface area contributed by atoms with E-state index in [-0.39, 0.29) is 26.8 Å². The maximum atomic E-state index is 12.8. The van der Waals surface area contributed by atoms with Crippen LogP contribution < -0.4 is 5.56 Å². The molecule has 0 fully saturated rings. The molecule has 0 saturated heterocycles. The Morgan fingerprint density at radius 3 is 2.50 bits per heavy atom. The van der Waals surface area contributed by atoms with Crippen molar-refractivity contribution in [3.8, 4) is 11.4 Å². The van der Waals surface area contributed by atoms with Gasteiger partial charge in [-0.1, -0.05) is 46.9 Å². The molecule has 2 aromatic carbocycles. The van der Waals surface area contributed by atoms with Gasteiger partial charge in [-0.05, 0) is 24.3 Å². The fraction of sp³-hybridized carbons (Fsp3) is 0.0625. The number of rotatable bonds is 3. The predicted molar refractivity (Wildman–Crippen MR) is 94.1 cm³/mol. The Morgan fingerprint density at radius 1 is 1.12 bits per heavy atom. The number of carboxylic acids is 1. The Labute approximate surface area is 151 Å². The third-order valence-corrected chi connectivity index (χ3v) is 4.22. The summed E-state index contributed by atoms with van der Waals surface area (Å²) in [6, 6.07) is 9.59. The molecule has 0 amide bonds. The fourth-order valence-electron chi connectivity index (χ4n) is 2.38. The first-order chi connectivity index (χ1) is 11.4. The average Bonchev–Trinajstić information content (AvgIpc) is 2.51. The number of carbonyl (C=O) groups is 1. The highest BCUT2D eigenvalue weighted by Crippen LogP contribution is 2.30. The highest BCUT2D eigenvalue weighted by Gasteiger charge is 2.18. The van der Waals surface area contributed by atoms with Gasteiger partial charge in [-0.2, -0.15) is 0 Å². The Balaban J connectivity index is 2.45. The molecule has 0 aliphatic carbocycles. The molecule has 0 saturated carbocycles. The molecule has 3 aromatic rings. The van der Waals surface area contributed by atoms with Crippen molar-refractivity contribution < 1.29 is 9.90 Å². The maximum absolute atomic E-state index is 12.8. The van der Waals surface area contributed by atoms with Crippen molar-refractivity contribution in [3.05, 3.63) is 61.8 Å². The summed E-state index contributed by atoms with van der Waals surface area (Å²) in [7, 11) is 0. The summed E-state index contributed by atoms with van der Waals surface area (Å²) in [5.41, 5.74) is 0.120. The Bertz CT molecular complexity index is 1030. The van der Waals surface area contributed by atoms with Gasteiger partial charge in [-0.3, -0.25) is 14.2 Å². The highest BCUT2D eigenvalue weighted by molar-refractivity contribution is 6.38. The predicted octanol–water partition coefficient (Wildman–Crippen LogP) is 4.11. The van der Waals surface area contributed by atoms with Crippen LogP contribution in [0.5, 0.6) is 0 Å². The molecule has 5 nitrogen and oxygen atoms in total. The normalized spacial score (nSPS) is 11.0. The van der Waals surface area contributed by atoms with E-state index < -0.39 is 18.1 Å². The SMILES string of the molecule is O=C(O)Cn1c(-c2ccccc2Cl)nc2c(Cl)cc(Cl)cc2c1=O. The van der Waals surface area contributed by atoms with E-state index in [1.165, 1.54) is 12.1 Å². The molecule has 0 spiro atoms. The summed E-state index contributed by atoms with van der Waals surface area (Å²) in [5.74, 6) is -1.05. The van der Waals surface area contributed by atoms with Crippen LogP contribution in [0.3, 0.4) is 0 Å². The van der Waals surface area contributed by atoms with Crippen LogP contribution in [0.4, 0.5) is 0 Å². The molecule has 8 heteroatoms. The molecule has 1 N–H and O–H groups in total. The van der Waals surface area contributed by atoms with Gasteiger partial charge in [0, 0.05) is 10.6 Å². The second-order valence-corrected chi connectivity index (χ2v) is 6.23. The number of hydrogen-bond acceptors (Lipinski definition) is 3. The van der Waals surface area contributed by atoms with Gasteiger partial charge in [0.1, 0.15) is 12.4 Å². The molecule has 0 unspecified atom stereocenters. The topological polar surface area (TPSA) is 72.2 Å². The van der Waals surface area contributed by atoms with Crippen molar-refractivity contribution in [1.82, 2.24) is 9.55 Å². The number of fused-ring (bicyclic) bond motifs is 1. The average molecular weight is 384 g/mol. The molecule has 122 valence electrons. The third kappa shape index (κ3) is 2.98. The molecule has 1 heterocycles. The lowest BCUT2D eigenvalue weighted by Gasteiger charge is -2.13. The molecular weight excluding hydrogens is 375 g/mol. The van der Waals surface area contributed by atoms with Crippen molar-refractivity contribution in [2.75, 3.05) is 0 Å². The van der Waals surface area contributed by atoms with Crippen molar-refractivity contribution >= 4 is 51.7 Å². The summed E-state index contributed by atoms with van der Waals surface area (Å²) in [6.07, 6.45) is 0. The third-order valence-electron chi connectivity index (χ3n) is 3.39. The van der Waals surface area contributed by atoms with E-state index in [0.717, 1.165) is 4.57 Å². The standard InChI is InChI=1S/C16H9Cl3N2O3/c17-8-5-10-14(12(19)6-8)20-15(9-3-1-2-4-11(9)18)21(16(10)24)7-13(22)23/h1-6H,7H2,(H,22,23). The number of hydrogen-bond donors (Lipinski definition) is 1. The Morgan fingerprint density at radius 2 is 1.83 bits per heavy atom. The number of carboxylic acid groups (broad SMARTS) is 1. The lowest BCUT2D eigenvalue weighted by molar-refractivity contribution is -0.137. The molecule has 3 rings (SSSR count). The van der Waals surface area contributed by atoms with Gasteiger partial charge < -0.3 is 5.11 Å². The first kappa shape index (κ1) is 16.8. The van der Waals surface area contributed by atoms with Crippen LogP contribution in [0.25, 0.3) is 22.3 Å². The fourth-order valence-corrected chi connectivity index (χ4v) is 3.14. The molecule has 0 atom stereocenters. The summed E-state index contributed by atoms with van der Waals surface area (Å²) in [5, 5.41) is 10.1. The second-order valence-electron chi connectivity index (χ2n) is 4.98. The second kappa shape index (κ2) is 6.43. The largest absolute Gasteiger partial charge is 0.480 e. The van der Waals surface area contributed by atoms with Crippen LogP contribution in [0, 0.1) is 0 Å². The van der Waals surface area contributed by atoms with Gasteiger partial charge in [0.15, 0.2) is 0 Å². The van der Waals surface area contributed by atoms with Gasteiger partial charge in [0.25, 0.3) is 5.56 Å². The van der Waals surface area contributed by atoms with Crippen molar-refractivity contribution in [1.29, 1.82) is 0 Å². The summed E-state index contributed by atoms with van der Waals surface area (Å²) in [6.45, 7) is -0.563. The lowest BCUT2D eigenvalue weighted by atomic mass is 10.1. The van der Waals surface area contributed by atoms with Crippen molar-refractivity contribution in [3.63, 3.8) is 0 Å². The number of aromatic nitrogens is 2. The van der Waals surface area contributed by atoms with E-state index in [9.17, 15) is 9.59 Å². The van der Waals surface area contributed by atoms with E-state index in [1.54, 1.807) is 24.3 Å². The Kier molecular flexibility index (Phi) is 4.49. The van der Waals surface area contributed by atoms with Gasteiger partial charge in [-0.15, -0.1) is 0 Å². The van der Waals surface area contributed by atoms with Gasteiger partial charge >= 0.3 is 5.97 Å². The number of halogens is 3. The first-order valence-corrected chi connectivity index (χ1v) is 7.88. The van der Waals surface area contributed by atoms with Gasteiger partial charge in [0.2, 0.25) is 0 Å². The maximum Gasteiger partial charge on any atom is 0.323 e. The summed E-state index contributed by atoms with van der Waals surface area (Å²) < 4.78 is 1.04. The van der Waals surface area contributed by atoms with E-state index >= 15 is 0 Å². The van der Waals surface area contributed by atoms with E-state index in [0.29, 0.717) is 10.6 Å². The molecule has 0 radical (unpaired) electrons. The van der Waals surface area contributed by atoms with E-state index in [1.807, 2.05) is 0 Å². The molecule has 24 heavy (non-hydrogen) atoms. The van der Waals surface area contributed by atoms with Crippen LogP contribution >= 0.6 is 34.8 Å². The Hall–Kier alpha value is -2.08. The van der Waals surface area contributed by atoms with Crippen LogP contribution in [0.15, 0.2) is 41.2 Å². The van der Waals surface area contributed by atoms with Crippen LogP contribution in [0.1, 0.15) is 0 Å².